The molecule has 0 saturated heterocycles. The van der Waals surface area contributed by atoms with Crippen molar-refractivity contribution < 1.29 is 9.15 Å². The van der Waals surface area contributed by atoms with Crippen LogP contribution in [0.5, 0.6) is 5.75 Å². The van der Waals surface area contributed by atoms with Gasteiger partial charge in [0, 0.05) is 12.0 Å². The summed E-state index contributed by atoms with van der Waals surface area (Å²) in [5, 5.41) is 0. The van der Waals surface area contributed by atoms with Crippen LogP contribution in [0, 0.1) is 13.8 Å². The number of aromatic nitrogens is 1. The molecule has 0 aliphatic heterocycles. The molecule has 0 amide bonds. The molecule has 0 aliphatic carbocycles. The number of aryl methyl sites for hydroxylation is 2. The highest BCUT2D eigenvalue weighted by molar-refractivity contribution is 5.53. The van der Waals surface area contributed by atoms with Crippen LogP contribution in [0.1, 0.15) is 17.0 Å². The molecule has 0 radical (unpaired) electrons. The van der Waals surface area contributed by atoms with E-state index in [-0.39, 0.29) is 0 Å². The SMILES string of the molecule is Cc1cccc(OCCc2nc(-c3ccccc3)oc2C)c1. The molecule has 0 fully saturated rings. The van der Waals surface area contributed by atoms with Crippen molar-refractivity contribution in [2.24, 2.45) is 0 Å². The van der Waals surface area contributed by atoms with Gasteiger partial charge < -0.3 is 9.15 Å². The van der Waals surface area contributed by atoms with E-state index in [1.165, 1.54) is 5.56 Å². The van der Waals surface area contributed by atoms with Gasteiger partial charge in [0.25, 0.3) is 0 Å². The highest BCUT2D eigenvalue weighted by atomic mass is 16.5. The van der Waals surface area contributed by atoms with Gasteiger partial charge in [-0.3, -0.25) is 0 Å². The smallest absolute Gasteiger partial charge is 0.226 e. The molecule has 0 spiro atoms. The molecule has 1 aromatic heterocycles. The summed E-state index contributed by atoms with van der Waals surface area (Å²) < 4.78 is 11.5. The number of hydrogen-bond donors (Lipinski definition) is 0. The maximum Gasteiger partial charge on any atom is 0.226 e. The summed E-state index contributed by atoms with van der Waals surface area (Å²) in [4.78, 5) is 4.58. The molecule has 1 heterocycles. The Morgan fingerprint density at radius 1 is 1.00 bits per heavy atom. The van der Waals surface area contributed by atoms with Gasteiger partial charge in [0.2, 0.25) is 5.89 Å². The number of oxazole rings is 1. The Morgan fingerprint density at radius 2 is 1.82 bits per heavy atom. The minimum atomic E-state index is 0.588. The van der Waals surface area contributed by atoms with E-state index >= 15 is 0 Å². The Bertz CT molecular complexity index is 747. The average molecular weight is 293 g/mol. The quantitative estimate of drug-likeness (QED) is 0.690. The van der Waals surface area contributed by atoms with Gasteiger partial charge in [-0.25, -0.2) is 4.98 Å². The maximum atomic E-state index is 5.78. The number of rotatable bonds is 5. The van der Waals surface area contributed by atoms with Crippen molar-refractivity contribution >= 4 is 0 Å². The van der Waals surface area contributed by atoms with Crippen LogP contribution in [0.3, 0.4) is 0 Å². The maximum absolute atomic E-state index is 5.78. The Balaban J connectivity index is 1.65. The molecule has 112 valence electrons. The fraction of sp³-hybridized carbons (Fsp3) is 0.211. The van der Waals surface area contributed by atoms with Crippen LogP contribution < -0.4 is 4.74 Å². The third-order valence-corrected chi connectivity index (χ3v) is 3.51. The minimum absolute atomic E-state index is 0.588. The second-order valence-electron chi connectivity index (χ2n) is 5.30. The highest BCUT2D eigenvalue weighted by Crippen LogP contribution is 2.22. The van der Waals surface area contributed by atoms with Crippen molar-refractivity contribution in [2.75, 3.05) is 6.61 Å². The van der Waals surface area contributed by atoms with Crippen LogP contribution in [0.4, 0.5) is 0 Å². The average Bonchev–Trinajstić information content (AvgIpc) is 2.90. The van der Waals surface area contributed by atoms with E-state index in [9.17, 15) is 0 Å². The van der Waals surface area contributed by atoms with Crippen molar-refractivity contribution in [3.8, 4) is 17.2 Å². The lowest BCUT2D eigenvalue weighted by Crippen LogP contribution is -2.02. The monoisotopic (exact) mass is 293 g/mol. The summed E-state index contributed by atoms with van der Waals surface area (Å²) in [6.07, 6.45) is 0.732. The lowest BCUT2D eigenvalue weighted by atomic mass is 10.2. The lowest BCUT2D eigenvalue weighted by Gasteiger charge is -2.05. The van der Waals surface area contributed by atoms with Gasteiger partial charge >= 0.3 is 0 Å². The Kier molecular flexibility index (Phi) is 4.24. The van der Waals surface area contributed by atoms with E-state index in [0.717, 1.165) is 29.2 Å². The fourth-order valence-corrected chi connectivity index (χ4v) is 2.33. The number of nitrogens with zero attached hydrogens (tertiary/aromatic N) is 1. The zero-order valence-corrected chi connectivity index (χ0v) is 12.9. The van der Waals surface area contributed by atoms with Crippen LogP contribution in [-0.2, 0) is 6.42 Å². The summed E-state index contributed by atoms with van der Waals surface area (Å²) >= 11 is 0. The standard InChI is InChI=1S/C19H19NO2/c1-14-7-6-10-17(13-14)21-12-11-18-15(2)22-19(20-18)16-8-4-3-5-9-16/h3-10,13H,11-12H2,1-2H3. The van der Waals surface area contributed by atoms with Crippen molar-refractivity contribution in [3.63, 3.8) is 0 Å². The molecule has 0 atom stereocenters. The summed E-state index contributed by atoms with van der Waals surface area (Å²) in [6, 6.07) is 18.0. The van der Waals surface area contributed by atoms with Gasteiger partial charge in [-0.1, -0.05) is 30.3 Å². The molecule has 3 nitrogen and oxygen atoms in total. The van der Waals surface area contributed by atoms with Gasteiger partial charge in [0.05, 0.1) is 12.3 Å². The largest absolute Gasteiger partial charge is 0.493 e. The first-order chi connectivity index (χ1) is 10.7. The summed E-state index contributed by atoms with van der Waals surface area (Å²) in [6.45, 7) is 4.59. The van der Waals surface area contributed by atoms with Gasteiger partial charge in [0.1, 0.15) is 11.5 Å². The molecule has 2 aromatic carbocycles. The second kappa shape index (κ2) is 6.48. The van der Waals surface area contributed by atoms with E-state index in [1.54, 1.807) is 0 Å². The first-order valence-electron chi connectivity index (χ1n) is 7.43. The first-order valence-corrected chi connectivity index (χ1v) is 7.43. The number of hydrogen-bond acceptors (Lipinski definition) is 3. The topological polar surface area (TPSA) is 35.3 Å². The van der Waals surface area contributed by atoms with E-state index in [1.807, 2.05) is 55.5 Å². The highest BCUT2D eigenvalue weighted by Gasteiger charge is 2.11. The molecule has 0 unspecified atom stereocenters. The molecule has 3 heteroatoms. The molecule has 3 rings (SSSR count). The fourth-order valence-electron chi connectivity index (χ4n) is 2.33. The van der Waals surface area contributed by atoms with Crippen LogP contribution >= 0.6 is 0 Å². The summed E-state index contributed by atoms with van der Waals surface area (Å²) in [5.74, 6) is 2.42. The molecular formula is C19H19NO2. The number of ether oxygens (including phenoxy) is 1. The lowest BCUT2D eigenvalue weighted by molar-refractivity contribution is 0.319. The van der Waals surface area contributed by atoms with Crippen LogP contribution in [0.25, 0.3) is 11.5 Å². The molecule has 0 aliphatic rings. The Hall–Kier alpha value is -2.55. The Morgan fingerprint density at radius 3 is 2.59 bits per heavy atom. The minimum Gasteiger partial charge on any atom is -0.493 e. The predicted molar refractivity (Wildman–Crippen MR) is 87.1 cm³/mol. The zero-order valence-electron chi connectivity index (χ0n) is 12.9. The van der Waals surface area contributed by atoms with E-state index < -0.39 is 0 Å². The van der Waals surface area contributed by atoms with Crippen molar-refractivity contribution in [1.29, 1.82) is 0 Å². The van der Waals surface area contributed by atoms with E-state index in [0.29, 0.717) is 12.5 Å². The normalized spacial score (nSPS) is 10.6. The van der Waals surface area contributed by atoms with Crippen LogP contribution in [0.2, 0.25) is 0 Å². The zero-order chi connectivity index (χ0) is 15.4. The van der Waals surface area contributed by atoms with Crippen molar-refractivity contribution in [1.82, 2.24) is 4.98 Å². The summed E-state index contributed by atoms with van der Waals surface area (Å²) in [5.41, 5.74) is 3.14. The third kappa shape index (κ3) is 3.37. The first kappa shape index (κ1) is 14.4. The van der Waals surface area contributed by atoms with E-state index in [4.69, 9.17) is 9.15 Å². The molecule has 22 heavy (non-hydrogen) atoms. The molecule has 0 bridgehead atoms. The molecule has 3 aromatic rings. The predicted octanol–water partition coefficient (Wildman–Crippen LogP) is 4.58. The van der Waals surface area contributed by atoms with E-state index in [2.05, 4.69) is 18.0 Å². The van der Waals surface area contributed by atoms with Crippen LogP contribution in [0.15, 0.2) is 59.0 Å². The van der Waals surface area contributed by atoms with Crippen LogP contribution in [-0.4, -0.2) is 11.6 Å². The molecule has 0 saturated carbocycles. The second-order valence-corrected chi connectivity index (χ2v) is 5.30. The van der Waals surface area contributed by atoms with Crippen molar-refractivity contribution in [3.05, 3.63) is 71.6 Å². The van der Waals surface area contributed by atoms with Gasteiger partial charge in [-0.15, -0.1) is 0 Å². The van der Waals surface area contributed by atoms with Gasteiger partial charge in [0.15, 0.2) is 0 Å². The Labute approximate surface area is 130 Å². The van der Waals surface area contributed by atoms with Gasteiger partial charge in [-0.05, 0) is 43.7 Å². The molecule has 0 N–H and O–H groups in total. The molecular weight excluding hydrogens is 274 g/mol. The van der Waals surface area contributed by atoms with Gasteiger partial charge in [-0.2, -0.15) is 0 Å². The third-order valence-electron chi connectivity index (χ3n) is 3.51. The number of benzene rings is 2. The van der Waals surface area contributed by atoms with Crippen molar-refractivity contribution in [2.45, 2.75) is 20.3 Å². The summed E-state index contributed by atoms with van der Waals surface area (Å²) in [7, 11) is 0.